The first-order valence-corrected chi connectivity index (χ1v) is 12.0. The van der Waals surface area contributed by atoms with E-state index in [1.54, 1.807) is 0 Å². The second-order valence-corrected chi connectivity index (χ2v) is 11.2. The van der Waals surface area contributed by atoms with E-state index in [0.717, 1.165) is 18.4 Å². The second-order valence-electron chi connectivity index (χ2n) is 11.2. The van der Waals surface area contributed by atoms with Gasteiger partial charge in [-0.1, -0.05) is 73.9 Å². The number of nitrogens with one attached hydrogen (secondary N) is 2. The van der Waals surface area contributed by atoms with Gasteiger partial charge in [-0.25, -0.2) is 0 Å². The molecule has 0 spiro atoms. The molecule has 2 N–H and O–H groups in total. The van der Waals surface area contributed by atoms with Crippen LogP contribution in [-0.2, 0) is 9.53 Å². The summed E-state index contributed by atoms with van der Waals surface area (Å²) in [6, 6.07) is 7.60. The smallest absolute Gasteiger partial charge is 0.251 e. The maximum absolute atomic E-state index is 12.4. The third-order valence-electron chi connectivity index (χ3n) is 6.78. The Morgan fingerprint density at radius 3 is 2.03 bits per heavy atom. The van der Waals surface area contributed by atoms with Crippen molar-refractivity contribution in [3.63, 3.8) is 0 Å². The van der Waals surface area contributed by atoms with Gasteiger partial charge in [-0.15, -0.1) is 0 Å². The van der Waals surface area contributed by atoms with Gasteiger partial charge in [0.2, 0.25) is 5.91 Å². The van der Waals surface area contributed by atoms with Gasteiger partial charge in [0.05, 0.1) is 12.7 Å². The number of carbonyl (C=O) groups is 2. The molecule has 0 aliphatic carbocycles. The zero-order valence-corrected chi connectivity index (χ0v) is 21.9. The first-order chi connectivity index (χ1) is 14.7. The zero-order chi connectivity index (χ0) is 24.6. The Balaban J connectivity index is 2.44. The second kappa shape index (κ2) is 11.8. The summed E-state index contributed by atoms with van der Waals surface area (Å²) < 4.78 is 6.13. The Morgan fingerprint density at radius 1 is 0.938 bits per heavy atom. The summed E-state index contributed by atoms with van der Waals surface area (Å²) in [5.41, 5.74) is 1.56. The standard InChI is InChI=1S/C27H46N2O3/c1-10-16-26(6,7)24(31)29-18-11-17-28-23(30)22-14-12-21(13-15-22)20(2)32-19-27(8,9)25(3,4)5/h12-15,20H,10-11,16-19H2,1-9H3,(H,28,30)(H,29,31). The van der Waals surface area contributed by atoms with Gasteiger partial charge in [0.15, 0.2) is 0 Å². The predicted molar refractivity (Wildman–Crippen MR) is 133 cm³/mol. The zero-order valence-electron chi connectivity index (χ0n) is 21.9. The summed E-state index contributed by atoms with van der Waals surface area (Å²) in [5, 5.41) is 5.89. The number of hydrogen-bond acceptors (Lipinski definition) is 3. The minimum Gasteiger partial charge on any atom is -0.373 e. The lowest BCUT2D eigenvalue weighted by molar-refractivity contribution is -0.129. The van der Waals surface area contributed by atoms with Crippen LogP contribution in [0.3, 0.4) is 0 Å². The molecule has 0 aliphatic rings. The van der Waals surface area contributed by atoms with Crippen molar-refractivity contribution in [2.75, 3.05) is 19.7 Å². The number of carbonyl (C=O) groups excluding carboxylic acids is 2. The van der Waals surface area contributed by atoms with Crippen LogP contribution in [0.15, 0.2) is 24.3 Å². The molecule has 1 aromatic rings. The van der Waals surface area contributed by atoms with Crippen molar-refractivity contribution in [2.45, 2.75) is 87.7 Å². The highest BCUT2D eigenvalue weighted by atomic mass is 16.5. The van der Waals surface area contributed by atoms with Gasteiger partial charge < -0.3 is 15.4 Å². The van der Waals surface area contributed by atoms with Crippen LogP contribution in [0, 0.1) is 16.2 Å². The van der Waals surface area contributed by atoms with E-state index in [-0.39, 0.29) is 34.2 Å². The fraction of sp³-hybridized carbons (Fsp3) is 0.704. The molecule has 0 bridgehead atoms. The van der Waals surface area contributed by atoms with Crippen LogP contribution in [0.25, 0.3) is 0 Å². The van der Waals surface area contributed by atoms with Crippen LogP contribution >= 0.6 is 0 Å². The van der Waals surface area contributed by atoms with E-state index >= 15 is 0 Å². The van der Waals surface area contributed by atoms with Crippen LogP contribution in [0.5, 0.6) is 0 Å². The van der Waals surface area contributed by atoms with Crippen molar-refractivity contribution in [3.05, 3.63) is 35.4 Å². The SMILES string of the molecule is CCCC(C)(C)C(=O)NCCCNC(=O)c1ccc(C(C)OCC(C)(C)C(C)(C)C)cc1. The van der Waals surface area contributed by atoms with Crippen LogP contribution in [0.2, 0.25) is 0 Å². The van der Waals surface area contributed by atoms with Crippen LogP contribution in [0.1, 0.15) is 104 Å². The predicted octanol–water partition coefficient (Wildman–Crippen LogP) is 5.90. The van der Waals surface area contributed by atoms with E-state index in [1.165, 1.54) is 0 Å². The van der Waals surface area contributed by atoms with Crippen LogP contribution in [0.4, 0.5) is 0 Å². The molecule has 2 amide bonds. The molecule has 0 heterocycles. The maximum Gasteiger partial charge on any atom is 0.251 e. The van der Waals surface area contributed by atoms with E-state index in [4.69, 9.17) is 4.74 Å². The molecule has 5 nitrogen and oxygen atoms in total. The van der Waals surface area contributed by atoms with Crippen molar-refractivity contribution in [3.8, 4) is 0 Å². The first-order valence-electron chi connectivity index (χ1n) is 12.0. The third-order valence-corrected chi connectivity index (χ3v) is 6.78. The highest BCUT2D eigenvalue weighted by Crippen LogP contribution is 2.39. The highest BCUT2D eigenvalue weighted by molar-refractivity contribution is 5.94. The molecule has 0 aliphatic heterocycles. The van der Waals surface area contributed by atoms with Crippen LogP contribution < -0.4 is 10.6 Å². The van der Waals surface area contributed by atoms with E-state index in [0.29, 0.717) is 31.7 Å². The Kier molecular flexibility index (Phi) is 10.4. The number of rotatable bonds is 12. The molecule has 0 fully saturated rings. The highest BCUT2D eigenvalue weighted by Gasteiger charge is 2.33. The number of hydrogen-bond donors (Lipinski definition) is 2. The molecule has 0 radical (unpaired) electrons. The van der Waals surface area contributed by atoms with E-state index in [9.17, 15) is 9.59 Å². The van der Waals surface area contributed by atoms with Crippen molar-refractivity contribution in [1.29, 1.82) is 0 Å². The summed E-state index contributed by atoms with van der Waals surface area (Å²) in [5.74, 6) is -0.0277. The summed E-state index contributed by atoms with van der Waals surface area (Å²) in [4.78, 5) is 24.6. The molecule has 1 aromatic carbocycles. The lowest BCUT2D eigenvalue weighted by atomic mass is 9.70. The Bertz CT molecular complexity index is 730. The molecule has 0 saturated heterocycles. The minimum atomic E-state index is -0.344. The molecule has 0 saturated carbocycles. The Hall–Kier alpha value is -1.88. The number of ether oxygens (including phenoxy) is 1. The van der Waals surface area contributed by atoms with Gasteiger partial charge in [0, 0.05) is 24.1 Å². The largest absolute Gasteiger partial charge is 0.373 e. The van der Waals surface area contributed by atoms with Crippen molar-refractivity contribution in [1.82, 2.24) is 10.6 Å². The monoisotopic (exact) mass is 446 g/mol. The summed E-state index contributed by atoms with van der Waals surface area (Å²) in [7, 11) is 0. The number of amides is 2. The quantitative estimate of drug-likeness (QED) is 0.393. The molecule has 32 heavy (non-hydrogen) atoms. The van der Waals surface area contributed by atoms with E-state index in [2.05, 4.69) is 52.2 Å². The average molecular weight is 447 g/mol. The van der Waals surface area contributed by atoms with Gasteiger partial charge in [-0.05, 0) is 48.3 Å². The summed E-state index contributed by atoms with van der Waals surface area (Å²) in [6.07, 6.45) is 2.51. The van der Waals surface area contributed by atoms with Gasteiger partial charge in [0.25, 0.3) is 5.91 Å². The molecule has 182 valence electrons. The lowest BCUT2D eigenvalue weighted by Crippen LogP contribution is -2.38. The van der Waals surface area contributed by atoms with E-state index in [1.807, 2.05) is 45.0 Å². The molecular formula is C27H46N2O3. The van der Waals surface area contributed by atoms with Gasteiger partial charge in [-0.2, -0.15) is 0 Å². The maximum atomic E-state index is 12.4. The molecule has 0 aromatic heterocycles. The fourth-order valence-corrected chi connectivity index (χ4v) is 3.12. The van der Waals surface area contributed by atoms with Gasteiger partial charge >= 0.3 is 0 Å². The topological polar surface area (TPSA) is 67.4 Å². The molecule has 1 rings (SSSR count). The third kappa shape index (κ3) is 8.57. The summed E-state index contributed by atoms with van der Waals surface area (Å²) in [6.45, 7) is 21.0. The molecule has 5 heteroatoms. The summed E-state index contributed by atoms with van der Waals surface area (Å²) >= 11 is 0. The van der Waals surface area contributed by atoms with Crippen LogP contribution in [-0.4, -0.2) is 31.5 Å². The van der Waals surface area contributed by atoms with Crippen molar-refractivity contribution >= 4 is 11.8 Å². The Labute approximate surface area is 196 Å². The molecular weight excluding hydrogens is 400 g/mol. The first kappa shape index (κ1) is 28.2. The lowest BCUT2D eigenvalue weighted by Gasteiger charge is -2.39. The molecule has 1 atom stereocenters. The van der Waals surface area contributed by atoms with E-state index < -0.39 is 0 Å². The number of benzene rings is 1. The van der Waals surface area contributed by atoms with Crippen molar-refractivity contribution in [2.24, 2.45) is 16.2 Å². The fourth-order valence-electron chi connectivity index (χ4n) is 3.12. The minimum absolute atomic E-state index is 0.0330. The van der Waals surface area contributed by atoms with Crippen molar-refractivity contribution < 1.29 is 14.3 Å². The normalized spacial score (nSPS) is 13.5. The Morgan fingerprint density at radius 2 is 1.50 bits per heavy atom. The van der Waals surface area contributed by atoms with Gasteiger partial charge in [-0.3, -0.25) is 9.59 Å². The van der Waals surface area contributed by atoms with Gasteiger partial charge in [0.1, 0.15) is 0 Å². The average Bonchev–Trinajstić information content (AvgIpc) is 2.70. The molecule has 1 unspecified atom stereocenters.